The van der Waals surface area contributed by atoms with Gasteiger partial charge < -0.3 is 14.8 Å². The fraction of sp³-hybridized carbons (Fsp3) is 0.250. The molecule has 0 saturated heterocycles. The third-order valence-electron chi connectivity index (χ3n) is 3.31. The Morgan fingerprint density at radius 2 is 1.78 bits per heavy atom. The zero-order valence-electron chi connectivity index (χ0n) is 12.8. The Balaban J connectivity index is 2.23. The van der Waals surface area contributed by atoms with Crippen molar-refractivity contribution in [3.63, 3.8) is 0 Å². The molecule has 1 heterocycles. The van der Waals surface area contributed by atoms with E-state index in [2.05, 4.69) is 10.1 Å². The first-order valence-electron chi connectivity index (χ1n) is 6.84. The number of ether oxygens (including phenoxy) is 2. The number of benzene rings is 1. The highest BCUT2D eigenvalue weighted by Crippen LogP contribution is 2.22. The van der Waals surface area contributed by atoms with Crippen LogP contribution in [0.1, 0.15) is 6.42 Å². The van der Waals surface area contributed by atoms with E-state index in [1.54, 1.807) is 24.3 Å². The summed E-state index contributed by atoms with van der Waals surface area (Å²) in [5.41, 5.74) is 1.06. The number of carbonyl (C=O) groups excluding carboxylic acids is 2. The molecular formula is C16H17NO5S. The first-order chi connectivity index (χ1) is 11.1. The highest BCUT2D eigenvalue weighted by atomic mass is 32.2. The Labute approximate surface area is 136 Å². The molecule has 1 atom stereocenters. The van der Waals surface area contributed by atoms with Gasteiger partial charge in [-0.1, -0.05) is 18.2 Å². The third kappa shape index (κ3) is 4.07. The molecule has 0 fully saturated rings. The van der Waals surface area contributed by atoms with Crippen LogP contribution >= 0.6 is 0 Å². The Morgan fingerprint density at radius 1 is 1.13 bits per heavy atom. The molecule has 0 bridgehead atoms. The number of esters is 2. The molecule has 0 radical (unpaired) electrons. The van der Waals surface area contributed by atoms with Gasteiger partial charge in [0.2, 0.25) is 0 Å². The molecule has 0 aliphatic carbocycles. The Morgan fingerprint density at radius 3 is 2.39 bits per heavy atom. The van der Waals surface area contributed by atoms with Crippen LogP contribution in [0.2, 0.25) is 0 Å². The molecule has 6 nitrogen and oxygen atoms in total. The van der Waals surface area contributed by atoms with Crippen molar-refractivity contribution in [2.75, 3.05) is 20.0 Å². The summed E-state index contributed by atoms with van der Waals surface area (Å²) in [4.78, 5) is 24.2. The number of nitrogens with one attached hydrogen (secondary N) is 1. The normalized spacial score (nSPS) is 15.3. The number of carbonyl (C=O) groups is 2. The molecule has 2 rings (SSSR count). The van der Waals surface area contributed by atoms with Crippen LogP contribution in [0.5, 0.6) is 0 Å². The lowest BCUT2D eigenvalue weighted by Crippen LogP contribution is -2.26. The molecule has 1 unspecified atom stereocenters. The number of hydrogen-bond acceptors (Lipinski definition) is 6. The van der Waals surface area contributed by atoms with Gasteiger partial charge in [-0.15, -0.1) is 0 Å². The maximum atomic E-state index is 12.4. The largest absolute Gasteiger partial charge is 0.466 e. The number of methoxy groups -OCH3 is 2. The second kappa shape index (κ2) is 7.73. The maximum absolute atomic E-state index is 12.4. The van der Waals surface area contributed by atoms with Crippen LogP contribution in [0, 0.1) is 0 Å². The molecule has 7 heteroatoms. The van der Waals surface area contributed by atoms with Gasteiger partial charge in [-0.25, -0.2) is 9.59 Å². The van der Waals surface area contributed by atoms with E-state index in [1.807, 2.05) is 6.07 Å². The lowest BCUT2D eigenvalue weighted by atomic mass is 10.0. The van der Waals surface area contributed by atoms with Gasteiger partial charge in [-0.3, -0.25) is 4.21 Å². The van der Waals surface area contributed by atoms with E-state index in [0.29, 0.717) is 16.2 Å². The number of dihydropyridines is 1. The van der Waals surface area contributed by atoms with Gasteiger partial charge >= 0.3 is 11.9 Å². The molecular weight excluding hydrogens is 318 g/mol. The van der Waals surface area contributed by atoms with Gasteiger partial charge in [0, 0.05) is 23.2 Å². The van der Waals surface area contributed by atoms with Crippen molar-refractivity contribution in [1.82, 2.24) is 5.32 Å². The summed E-state index contributed by atoms with van der Waals surface area (Å²) in [6, 6.07) is 8.95. The smallest absolute Gasteiger partial charge is 0.335 e. The van der Waals surface area contributed by atoms with E-state index in [4.69, 9.17) is 4.74 Å². The van der Waals surface area contributed by atoms with Gasteiger partial charge in [0.25, 0.3) is 0 Å². The first-order valence-corrected chi connectivity index (χ1v) is 8.16. The van der Waals surface area contributed by atoms with E-state index in [-0.39, 0.29) is 17.7 Å². The molecule has 0 spiro atoms. The van der Waals surface area contributed by atoms with Crippen molar-refractivity contribution in [3.05, 3.63) is 53.4 Å². The quantitative estimate of drug-likeness (QED) is 0.816. The van der Waals surface area contributed by atoms with Gasteiger partial charge in [0.1, 0.15) is 0 Å². The van der Waals surface area contributed by atoms with Crippen molar-refractivity contribution in [1.29, 1.82) is 0 Å². The zero-order chi connectivity index (χ0) is 16.8. The second-order valence-corrected chi connectivity index (χ2v) is 6.18. The SMILES string of the molecule is COC(=O)C1=CNC(CS(=O)c2ccccc2)=C(C(=O)OC)C1. The van der Waals surface area contributed by atoms with Crippen LogP contribution in [0.4, 0.5) is 0 Å². The Bertz CT molecular complexity index is 694. The van der Waals surface area contributed by atoms with Crippen LogP contribution in [-0.4, -0.2) is 36.1 Å². The highest BCUT2D eigenvalue weighted by Gasteiger charge is 2.26. The standard InChI is InChI=1S/C16H17NO5S/c1-21-15(18)11-8-13(16(19)22-2)14(17-9-11)10-23(20)12-6-4-3-5-7-12/h3-7,9,17H,8,10H2,1-2H3. The van der Waals surface area contributed by atoms with E-state index < -0.39 is 22.7 Å². The van der Waals surface area contributed by atoms with Crippen LogP contribution < -0.4 is 5.32 Å². The summed E-state index contributed by atoms with van der Waals surface area (Å²) in [6.45, 7) is 0. The summed E-state index contributed by atoms with van der Waals surface area (Å²) < 4.78 is 21.8. The first kappa shape index (κ1) is 17.0. The molecule has 0 aromatic heterocycles. The van der Waals surface area contributed by atoms with E-state index in [9.17, 15) is 13.8 Å². The van der Waals surface area contributed by atoms with Crippen molar-refractivity contribution in [3.8, 4) is 0 Å². The van der Waals surface area contributed by atoms with Crippen molar-refractivity contribution in [2.45, 2.75) is 11.3 Å². The average molecular weight is 335 g/mol. The molecule has 0 amide bonds. The van der Waals surface area contributed by atoms with E-state index >= 15 is 0 Å². The fourth-order valence-corrected chi connectivity index (χ4v) is 3.25. The van der Waals surface area contributed by atoms with Gasteiger partial charge in [-0.05, 0) is 12.1 Å². The molecule has 1 aliphatic rings. The number of hydrogen-bond donors (Lipinski definition) is 1. The van der Waals surface area contributed by atoms with E-state index in [1.165, 1.54) is 20.4 Å². The summed E-state index contributed by atoms with van der Waals surface area (Å²) in [6.07, 6.45) is 1.55. The summed E-state index contributed by atoms with van der Waals surface area (Å²) >= 11 is 0. The number of rotatable bonds is 5. The van der Waals surface area contributed by atoms with Crippen LogP contribution in [0.25, 0.3) is 0 Å². The lowest BCUT2D eigenvalue weighted by molar-refractivity contribution is -0.136. The van der Waals surface area contributed by atoms with Gasteiger partial charge in [0.15, 0.2) is 0 Å². The molecule has 122 valence electrons. The van der Waals surface area contributed by atoms with Crippen molar-refractivity contribution in [2.24, 2.45) is 0 Å². The van der Waals surface area contributed by atoms with Crippen LogP contribution in [-0.2, 0) is 29.9 Å². The monoisotopic (exact) mass is 335 g/mol. The summed E-state index contributed by atoms with van der Waals surface area (Å²) in [7, 11) is 1.21. The predicted molar refractivity (Wildman–Crippen MR) is 84.6 cm³/mol. The third-order valence-corrected chi connectivity index (χ3v) is 4.66. The fourth-order valence-electron chi connectivity index (χ4n) is 2.11. The maximum Gasteiger partial charge on any atom is 0.335 e. The minimum absolute atomic E-state index is 0.0771. The second-order valence-electron chi connectivity index (χ2n) is 4.73. The predicted octanol–water partition coefficient (Wildman–Crippen LogP) is 1.27. The zero-order valence-corrected chi connectivity index (χ0v) is 13.6. The van der Waals surface area contributed by atoms with Crippen LogP contribution in [0.3, 0.4) is 0 Å². The lowest BCUT2D eigenvalue weighted by Gasteiger charge is -2.19. The molecule has 23 heavy (non-hydrogen) atoms. The molecule has 1 aliphatic heterocycles. The Kier molecular flexibility index (Phi) is 5.70. The van der Waals surface area contributed by atoms with E-state index in [0.717, 1.165) is 0 Å². The topological polar surface area (TPSA) is 81.7 Å². The average Bonchev–Trinajstić information content (AvgIpc) is 2.61. The molecule has 1 N–H and O–H groups in total. The molecule has 1 aromatic carbocycles. The van der Waals surface area contributed by atoms with Crippen molar-refractivity contribution >= 4 is 22.7 Å². The van der Waals surface area contributed by atoms with Crippen molar-refractivity contribution < 1.29 is 23.3 Å². The van der Waals surface area contributed by atoms with Gasteiger partial charge in [-0.2, -0.15) is 0 Å². The minimum atomic E-state index is -1.32. The summed E-state index contributed by atoms with van der Waals surface area (Å²) in [5.74, 6) is -0.964. The molecule has 1 aromatic rings. The minimum Gasteiger partial charge on any atom is -0.466 e. The molecule has 0 saturated carbocycles. The Hall–Kier alpha value is -2.41. The highest BCUT2D eigenvalue weighted by molar-refractivity contribution is 7.85. The van der Waals surface area contributed by atoms with Crippen LogP contribution in [0.15, 0.2) is 58.3 Å². The van der Waals surface area contributed by atoms with Gasteiger partial charge in [0.05, 0.1) is 41.9 Å². The summed E-state index contributed by atoms with van der Waals surface area (Å²) in [5, 5.41) is 2.87.